The van der Waals surface area contributed by atoms with E-state index in [1.54, 1.807) is 6.07 Å². The van der Waals surface area contributed by atoms with E-state index in [0.29, 0.717) is 18.7 Å². The number of aliphatic hydroxyl groups is 1. The molecule has 1 unspecified atom stereocenters. The van der Waals surface area contributed by atoms with E-state index >= 15 is 0 Å². The number of anilines is 1. The first-order valence-corrected chi connectivity index (χ1v) is 5.89. The number of nitrogen functional groups attached to an aromatic ring is 1. The van der Waals surface area contributed by atoms with E-state index in [9.17, 15) is 4.79 Å². The summed E-state index contributed by atoms with van der Waals surface area (Å²) in [7, 11) is 0. The largest absolute Gasteiger partial charge is 0.399 e. The summed E-state index contributed by atoms with van der Waals surface area (Å²) in [6.45, 7) is 2.63. The number of hydrogen-bond acceptors (Lipinski definition) is 3. The van der Waals surface area contributed by atoms with Crippen molar-refractivity contribution in [2.45, 2.75) is 25.7 Å². The van der Waals surface area contributed by atoms with Crippen LogP contribution in [0, 0.1) is 0 Å². The first-order valence-electron chi connectivity index (χ1n) is 5.89. The molecule has 0 saturated carbocycles. The van der Waals surface area contributed by atoms with Gasteiger partial charge in [0, 0.05) is 18.8 Å². The van der Waals surface area contributed by atoms with E-state index in [-0.39, 0.29) is 18.4 Å². The summed E-state index contributed by atoms with van der Waals surface area (Å²) in [4.78, 5) is 11.8. The number of amides is 1. The molecule has 1 aromatic rings. The van der Waals surface area contributed by atoms with Crippen LogP contribution in [-0.2, 0) is 4.79 Å². The Balaban J connectivity index is 2.46. The van der Waals surface area contributed by atoms with E-state index in [0.717, 1.165) is 12.0 Å². The molecule has 1 amide bonds. The van der Waals surface area contributed by atoms with Crippen LogP contribution < -0.4 is 11.1 Å². The Labute approximate surface area is 102 Å². The van der Waals surface area contributed by atoms with Crippen molar-refractivity contribution < 1.29 is 9.90 Å². The molecule has 0 aliphatic carbocycles. The van der Waals surface area contributed by atoms with Gasteiger partial charge >= 0.3 is 0 Å². The maximum atomic E-state index is 11.8. The Bertz CT molecular complexity index is 366. The molecular weight excluding hydrogens is 216 g/mol. The van der Waals surface area contributed by atoms with Gasteiger partial charge in [0.2, 0.25) is 5.91 Å². The monoisotopic (exact) mass is 236 g/mol. The van der Waals surface area contributed by atoms with Gasteiger partial charge in [0.1, 0.15) is 0 Å². The molecule has 0 aromatic heterocycles. The van der Waals surface area contributed by atoms with Crippen LogP contribution in [-0.4, -0.2) is 24.2 Å². The van der Waals surface area contributed by atoms with Crippen LogP contribution >= 0.6 is 0 Å². The molecule has 17 heavy (non-hydrogen) atoms. The molecule has 0 heterocycles. The second-order valence-corrected chi connectivity index (χ2v) is 4.11. The Morgan fingerprint density at radius 2 is 2.24 bits per heavy atom. The lowest BCUT2D eigenvalue weighted by Crippen LogP contribution is -2.29. The van der Waals surface area contributed by atoms with Crippen LogP contribution in [0.25, 0.3) is 0 Å². The lowest BCUT2D eigenvalue weighted by Gasteiger charge is -2.12. The van der Waals surface area contributed by atoms with Gasteiger partial charge in [-0.25, -0.2) is 0 Å². The SMILES string of the molecule is CC(C(=O)NCCCCO)c1cccc(N)c1. The van der Waals surface area contributed by atoms with Gasteiger partial charge in [-0.05, 0) is 37.5 Å². The van der Waals surface area contributed by atoms with E-state index in [4.69, 9.17) is 10.8 Å². The molecule has 0 saturated heterocycles. The summed E-state index contributed by atoms with van der Waals surface area (Å²) in [5, 5.41) is 11.5. The average molecular weight is 236 g/mol. The minimum atomic E-state index is -0.201. The molecule has 0 radical (unpaired) electrons. The van der Waals surface area contributed by atoms with Gasteiger partial charge in [-0.15, -0.1) is 0 Å². The van der Waals surface area contributed by atoms with Crippen molar-refractivity contribution >= 4 is 11.6 Å². The minimum Gasteiger partial charge on any atom is -0.399 e. The highest BCUT2D eigenvalue weighted by Crippen LogP contribution is 2.17. The molecular formula is C13H20N2O2. The molecule has 0 bridgehead atoms. The van der Waals surface area contributed by atoms with Gasteiger partial charge in [-0.2, -0.15) is 0 Å². The molecule has 0 aliphatic rings. The van der Waals surface area contributed by atoms with Gasteiger partial charge in [-0.3, -0.25) is 4.79 Å². The highest BCUT2D eigenvalue weighted by atomic mass is 16.2. The molecule has 4 nitrogen and oxygen atoms in total. The fourth-order valence-electron chi connectivity index (χ4n) is 1.58. The Morgan fingerprint density at radius 3 is 2.88 bits per heavy atom. The van der Waals surface area contributed by atoms with E-state index in [2.05, 4.69) is 5.32 Å². The smallest absolute Gasteiger partial charge is 0.227 e. The summed E-state index contributed by atoms with van der Waals surface area (Å²) >= 11 is 0. The lowest BCUT2D eigenvalue weighted by molar-refractivity contribution is -0.122. The maximum Gasteiger partial charge on any atom is 0.227 e. The summed E-state index contributed by atoms with van der Waals surface area (Å²) in [6.07, 6.45) is 1.51. The average Bonchev–Trinajstić information content (AvgIpc) is 2.33. The normalized spacial score (nSPS) is 12.1. The third kappa shape index (κ3) is 4.44. The number of carbonyl (C=O) groups excluding carboxylic acids is 1. The third-order valence-electron chi connectivity index (χ3n) is 2.69. The second kappa shape index (κ2) is 6.91. The van der Waals surface area contributed by atoms with E-state index < -0.39 is 0 Å². The van der Waals surface area contributed by atoms with Gasteiger partial charge in [0.25, 0.3) is 0 Å². The van der Waals surface area contributed by atoms with Crippen molar-refractivity contribution in [2.75, 3.05) is 18.9 Å². The second-order valence-electron chi connectivity index (χ2n) is 4.11. The molecule has 4 N–H and O–H groups in total. The van der Waals surface area contributed by atoms with Crippen molar-refractivity contribution in [1.29, 1.82) is 0 Å². The number of nitrogens with one attached hydrogen (secondary N) is 1. The van der Waals surface area contributed by atoms with Crippen molar-refractivity contribution in [3.05, 3.63) is 29.8 Å². The first-order chi connectivity index (χ1) is 8.15. The number of rotatable bonds is 6. The van der Waals surface area contributed by atoms with Crippen molar-refractivity contribution in [3.63, 3.8) is 0 Å². The van der Waals surface area contributed by atoms with Crippen molar-refractivity contribution in [1.82, 2.24) is 5.32 Å². The molecule has 1 atom stereocenters. The van der Waals surface area contributed by atoms with Crippen molar-refractivity contribution in [2.24, 2.45) is 0 Å². The zero-order valence-electron chi connectivity index (χ0n) is 10.1. The summed E-state index contributed by atoms with van der Waals surface area (Å²) in [5.74, 6) is -0.207. The zero-order valence-corrected chi connectivity index (χ0v) is 10.1. The zero-order chi connectivity index (χ0) is 12.7. The maximum absolute atomic E-state index is 11.8. The number of carbonyl (C=O) groups is 1. The van der Waals surface area contributed by atoms with Crippen LogP contribution in [0.2, 0.25) is 0 Å². The predicted octanol–water partition coefficient (Wildman–Crippen LogP) is 1.26. The molecule has 0 fully saturated rings. The van der Waals surface area contributed by atoms with E-state index in [1.807, 2.05) is 25.1 Å². The predicted molar refractivity (Wildman–Crippen MR) is 68.6 cm³/mol. The third-order valence-corrected chi connectivity index (χ3v) is 2.69. The topological polar surface area (TPSA) is 75.3 Å². The molecule has 1 aromatic carbocycles. The Kier molecular flexibility index (Phi) is 5.49. The molecule has 0 aliphatic heterocycles. The lowest BCUT2D eigenvalue weighted by atomic mass is 10.00. The molecule has 0 spiro atoms. The van der Waals surface area contributed by atoms with Crippen LogP contribution in [0.4, 0.5) is 5.69 Å². The number of hydrogen-bond donors (Lipinski definition) is 3. The van der Waals surface area contributed by atoms with Gasteiger partial charge in [-0.1, -0.05) is 12.1 Å². The molecule has 4 heteroatoms. The summed E-state index contributed by atoms with van der Waals surface area (Å²) < 4.78 is 0. The standard InChI is InChI=1S/C13H20N2O2/c1-10(11-5-4-6-12(14)9-11)13(17)15-7-2-3-8-16/h4-6,9-10,16H,2-3,7-8,14H2,1H3,(H,15,17). The minimum absolute atomic E-state index is 0.00598. The van der Waals surface area contributed by atoms with Gasteiger partial charge in [0.15, 0.2) is 0 Å². The van der Waals surface area contributed by atoms with E-state index in [1.165, 1.54) is 0 Å². The van der Waals surface area contributed by atoms with Gasteiger partial charge < -0.3 is 16.2 Å². The molecule has 94 valence electrons. The van der Waals surface area contributed by atoms with Crippen LogP contribution in [0.15, 0.2) is 24.3 Å². The van der Waals surface area contributed by atoms with Gasteiger partial charge in [0.05, 0.1) is 5.92 Å². The van der Waals surface area contributed by atoms with Crippen LogP contribution in [0.5, 0.6) is 0 Å². The first kappa shape index (κ1) is 13.5. The quantitative estimate of drug-likeness (QED) is 0.514. The highest BCUT2D eigenvalue weighted by molar-refractivity contribution is 5.83. The van der Waals surface area contributed by atoms with Crippen molar-refractivity contribution in [3.8, 4) is 0 Å². The van der Waals surface area contributed by atoms with Crippen LogP contribution in [0.3, 0.4) is 0 Å². The summed E-state index contributed by atoms with van der Waals surface area (Å²) in [5.41, 5.74) is 7.27. The number of nitrogens with two attached hydrogens (primary N) is 1. The molecule has 1 rings (SSSR count). The number of benzene rings is 1. The highest BCUT2D eigenvalue weighted by Gasteiger charge is 2.14. The number of unbranched alkanes of at least 4 members (excludes halogenated alkanes) is 1. The number of aliphatic hydroxyl groups excluding tert-OH is 1. The fraction of sp³-hybridized carbons (Fsp3) is 0.462. The Morgan fingerprint density at radius 1 is 1.47 bits per heavy atom. The van der Waals surface area contributed by atoms with Crippen LogP contribution in [0.1, 0.15) is 31.2 Å². The summed E-state index contributed by atoms with van der Waals surface area (Å²) in [6, 6.07) is 7.36. The fourth-order valence-corrected chi connectivity index (χ4v) is 1.58. The Hall–Kier alpha value is -1.55.